The van der Waals surface area contributed by atoms with E-state index in [-0.39, 0.29) is 5.57 Å². The molecule has 0 aromatic rings. The van der Waals surface area contributed by atoms with Gasteiger partial charge < -0.3 is 0 Å². The van der Waals surface area contributed by atoms with Crippen LogP contribution in [0.5, 0.6) is 0 Å². The maximum atomic E-state index is 6.28. The lowest BCUT2D eigenvalue weighted by molar-refractivity contribution is 1.82. The number of rotatable bonds is 0. The highest BCUT2D eigenvalue weighted by Gasteiger charge is 1.54. The summed E-state index contributed by atoms with van der Waals surface area (Å²) in [6.45, 7) is 12.5. The zero-order valence-electron chi connectivity index (χ0n) is 2.41. The van der Waals surface area contributed by atoms with Crippen molar-refractivity contribution >= 4 is 0 Å². The van der Waals surface area contributed by atoms with Crippen molar-refractivity contribution < 1.29 is 0 Å². The van der Waals surface area contributed by atoms with Gasteiger partial charge in [0.25, 0.3) is 0 Å². The van der Waals surface area contributed by atoms with Crippen LogP contribution in [0.15, 0.2) is 12.2 Å². The van der Waals surface area contributed by atoms with E-state index in [9.17, 15) is 0 Å². The average Bonchev–Trinajstić information content (AvgIpc) is 0.811. The molecule has 0 spiro atoms. The van der Waals surface area contributed by atoms with Crippen molar-refractivity contribution in [1.82, 2.24) is 0 Å². The van der Waals surface area contributed by atoms with Gasteiger partial charge in [-0.25, -0.2) is 0 Å². The Morgan fingerprint density at radius 2 is 2.00 bits per heavy atom. The molecule has 0 saturated heterocycles. The van der Waals surface area contributed by atoms with Gasteiger partial charge in [0, 0.05) is 0 Å². The summed E-state index contributed by atoms with van der Waals surface area (Å²) in [5, 5.41) is 0. The number of hydrogen-bond donors (Lipinski definition) is 0. The Labute approximate surface area is 27.1 Å². The van der Waals surface area contributed by atoms with Crippen LogP contribution in [0, 0.1) is 13.8 Å². The highest BCUT2D eigenvalue weighted by molar-refractivity contribution is 4.99. The lowest BCUT2D eigenvalue weighted by Gasteiger charge is -1.62. The van der Waals surface area contributed by atoms with E-state index in [1.54, 1.807) is 0 Å². The highest BCUT2D eigenvalue weighted by Crippen LogP contribution is 1.71. The van der Waals surface area contributed by atoms with E-state index in [2.05, 4.69) is 13.5 Å². The molecule has 0 aliphatic rings. The molecule has 0 heteroatoms. The topological polar surface area (TPSA) is 0 Å². The first-order chi connectivity index (χ1) is 1.73. The molecule has 2 radical (unpaired) electrons. The largest absolute Gasteiger partial charge is 0.0917 e. The summed E-state index contributed by atoms with van der Waals surface area (Å²) in [7, 11) is 0. The van der Waals surface area contributed by atoms with Crippen molar-refractivity contribution in [2.45, 2.75) is 0 Å². The van der Waals surface area contributed by atoms with Gasteiger partial charge in [0.1, 0.15) is 0 Å². The summed E-state index contributed by atoms with van der Waals surface area (Å²) in [5.74, 6) is 0. The van der Waals surface area contributed by atoms with E-state index in [4.69, 9.17) is 6.92 Å². The van der Waals surface area contributed by atoms with Crippen LogP contribution in [-0.2, 0) is 0 Å². The molecule has 4 heavy (non-hydrogen) atoms. The zero-order chi connectivity index (χ0) is 3.58. The van der Waals surface area contributed by atoms with Crippen molar-refractivity contribution in [3.63, 3.8) is 0 Å². The molecule has 0 saturated carbocycles. The predicted octanol–water partition coefficient (Wildman–Crippen LogP) is 0.965. The summed E-state index contributed by atoms with van der Waals surface area (Å²) >= 11 is 0. The lowest BCUT2D eigenvalue weighted by Crippen LogP contribution is -1.46. The molecule has 20 valence electrons. The van der Waals surface area contributed by atoms with Crippen LogP contribution in [0.25, 0.3) is 0 Å². The first-order valence-corrected chi connectivity index (χ1v) is 0.957. The number of allylic oxidation sites excluding steroid dienone is 1. The summed E-state index contributed by atoms with van der Waals surface area (Å²) in [6, 6.07) is 0. The smallest absolute Gasteiger partial charge is 0.00266 e. The third kappa shape index (κ3) is 1.26. The fraction of sp³-hybridized carbons (Fsp3) is 0. The van der Waals surface area contributed by atoms with Crippen LogP contribution < -0.4 is 0 Å². The van der Waals surface area contributed by atoms with E-state index in [0.717, 1.165) is 0 Å². The SMILES string of the molecule is [C+]C(=C)[CH2-]. The Bertz CT molecular complexity index is 23.0. The fourth-order valence-corrected chi connectivity index (χ4v) is 0. The number of hydrogen-bond acceptors (Lipinski definition) is 0. The monoisotopic (exact) mass is 52.0 g/mol. The maximum absolute atomic E-state index is 6.28. The standard InChI is InChI=1S/C4H4/c1-4(2)3/h1-2H2. The third-order valence-electron chi connectivity index (χ3n) is 0. The van der Waals surface area contributed by atoms with E-state index in [1.165, 1.54) is 0 Å². The van der Waals surface area contributed by atoms with Crippen molar-refractivity contribution in [3.05, 3.63) is 26.0 Å². The van der Waals surface area contributed by atoms with E-state index in [0.29, 0.717) is 0 Å². The zero-order valence-corrected chi connectivity index (χ0v) is 2.41. The van der Waals surface area contributed by atoms with Gasteiger partial charge in [-0.3, -0.25) is 0 Å². The molecule has 0 unspecified atom stereocenters. The average molecular weight is 52.1 g/mol. The van der Waals surface area contributed by atoms with Gasteiger partial charge in [-0.2, -0.15) is 0 Å². The molecule has 0 aromatic heterocycles. The minimum absolute atomic E-state index is 0.167. The van der Waals surface area contributed by atoms with E-state index < -0.39 is 0 Å². The van der Waals surface area contributed by atoms with Crippen molar-refractivity contribution in [2.24, 2.45) is 0 Å². The minimum Gasteiger partial charge on any atom is -0.0917 e. The first kappa shape index (κ1) is 3.48. The summed E-state index contributed by atoms with van der Waals surface area (Å²) in [5.41, 5.74) is 0.167. The summed E-state index contributed by atoms with van der Waals surface area (Å²) in [4.78, 5) is 0. The van der Waals surface area contributed by atoms with Crippen LogP contribution in [0.4, 0.5) is 0 Å². The molecule has 0 N–H and O–H groups in total. The van der Waals surface area contributed by atoms with Gasteiger partial charge in [-0.15, -0.1) is 0 Å². The molecule has 0 fully saturated rings. The van der Waals surface area contributed by atoms with Gasteiger partial charge in [-0.1, -0.05) is 13.5 Å². The third-order valence-corrected chi connectivity index (χ3v) is 0. The van der Waals surface area contributed by atoms with Gasteiger partial charge in [0.05, 0.1) is 0 Å². The van der Waals surface area contributed by atoms with Crippen LogP contribution in [-0.4, -0.2) is 0 Å². The van der Waals surface area contributed by atoms with Crippen LogP contribution in [0.3, 0.4) is 0 Å². The second-order valence-corrected chi connectivity index (χ2v) is 0.604. The molecule has 0 rings (SSSR count). The van der Waals surface area contributed by atoms with Gasteiger partial charge in [0.15, 0.2) is 0 Å². The van der Waals surface area contributed by atoms with Crippen molar-refractivity contribution in [3.8, 4) is 0 Å². The van der Waals surface area contributed by atoms with Crippen LogP contribution >= 0.6 is 0 Å². The summed E-state index contributed by atoms with van der Waals surface area (Å²) < 4.78 is 0. The molecule has 0 aromatic carbocycles. The Hall–Kier alpha value is -0.520. The van der Waals surface area contributed by atoms with Gasteiger partial charge >= 0.3 is 0 Å². The second kappa shape index (κ2) is 0.883. The predicted molar refractivity (Wildman–Crippen MR) is 17.7 cm³/mol. The first-order valence-electron chi connectivity index (χ1n) is 0.957. The maximum Gasteiger partial charge on any atom is -0.00266 e. The molecule has 0 atom stereocenters. The van der Waals surface area contributed by atoms with E-state index >= 15 is 0 Å². The molecule has 0 bridgehead atoms. The molecule has 0 nitrogen and oxygen atoms in total. The Morgan fingerprint density at radius 1 is 2.00 bits per heavy atom. The fourth-order valence-electron chi connectivity index (χ4n) is 0. The quantitative estimate of drug-likeness (QED) is 0.360. The lowest BCUT2D eigenvalue weighted by atomic mass is 10.4. The Morgan fingerprint density at radius 3 is 2.00 bits per heavy atom. The highest BCUT2D eigenvalue weighted by atomic mass is 13.6. The van der Waals surface area contributed by atoms with Gasteiger partial charge in [0.2, 0.25) is 0 Å². The van der Waals surface area contributed by atoms with Crippen LogP contribution in [0.2, 0.25) is 0 Å². The Kier molecular flexibility index (Phi) is 0.768. The van der Waals surface area contributed by atoms with E-state index in [1.807, 2.05) is 0 Å². The second-order valence-electron chi connectivity index (χ2n) is 0.604. The normalized spacial score (nSPS) is 6.00. The van der Waals surface area contributed by atoms with Gasteiger partial charge in [-0.05, 0) is 12.5 Å². The molecule has 0 heterocycles. The van der Waals surface area contributed by atoms with Crippen molar-refractivity contribution in [2.75, 3.05) is 0 Å². The minimum atomic E-state index is 0.167. The van der Waals surface area contributed by atoms with Crippen LogP contribution in [0.1, 0.15) is 0 Å². The molecule has 0 amide bonds. The molecular weight excluding hydrogens is 48.0 g/mol. The molecule has 0 aliphatic heterocycles. The molecule has 0 aliphatic carbocycles. The summed E-state index contributed by atoms with van der Waals surface area (Å²) in [6.07, 6.45) is 0. The molecular formula is C4H4. The Balaban J connectivity index is 2.80. The van der Waals surface area contributed by atoms with Crippen molar-refractivity contribution in [1.29, 1.82) is 0 Å².